The molecule has 2 aromatic rings. The van der Waals surface area contributed by atoms with E-state index in [2.05, 4.69) is 25.8 Å². The number of nitrogens with zero attached hydrogens (tertiary/aromatic N) is 3. The summed E-state index contributed by atoms with van der Waals surface area (Å²) in [6.07, 6.45) is 10.5. The molecule has 4 rings (SSSR count). The van der Waals surface area contributed by atoms with Gasteiger partial charge < -0.3 is 14.8 Å². The fraction of sp³-hybridized carbons (Fsp3) is 0.542. The summed E-state index contributed by atoms with van der Waals surface area (Å²) in [6, 6.07) is 12.1. The highest BCUT2D eigenvalue weighted by atomic mass is 35.5. The Labute approximate surface area is 185 Å². The van der Waals surface area contributed by atoms with Crippen LogP contribution in [0.2, 0.25) is 5.02 Å². The van der Waals surface area contributed by atoms with Crippen molar-refractivity contribution in [1.29, 1.82) is 0 Å². The average molecular weight is 429 g/mol. The van der Waals surface area contributed by atoms with E-state index in [-0.39, 0.29) is 11.4 Å². The number of halogens is 1. The molecule has 6 heteroatoms. The number of benzene rings is 1. The minimum atomic E-state index is -0.385. The summed E-state index contributed by atoms with van der Waals surface area (Å²) in [4.78, 5) is 18.0. The summed E-state index contributed by atoms with van der Waals surface area (Å²) in [5, 5.41) is 4.04. The average Bonchev–Trinajstić information content (AvgIpc) is 3.33. The number of hydrogen-bond donors (Lipinski definition) is 1. The Kier molecular flexibility index (Phi) is 7.00. The Morgan fingerprint density at radius 2 is 1.73 bits per heavy atom. The maximum absolute atomic E-state index is 13.1. The van der Waals surface area contributed by atoms with E-state index >= 15 is 0 Å². The summed E-state index contributed by atoms with van der Waals surface area (Å²) >= 11 is 6.13. The van der Waals surface area contributed by atoms with Crippen LogP contribution in [0.5, 0.6) is 0 Å². The monoisotopic (exact) mass is 428 g/mol. The molecule has 1 aliphatic heterocycles. The highest BCUT2D eigenvalue weighted by Gasteiger charge is 2.40. The van der Waals surface area contributed by atoms with Gasteiger partial charge in [0.25, 0.3) is 0 Å². The Hall–Kier alpha value is -1.98. The molecule has 0 unspecified atom stereocenters. The van der Waals surface area contributed by atoms with Crippen molar-refractivity contribution in [2.75, 3.05) is 44.2 Å². The van der Waals surface area contributed by atoms with Crippen LogP contribution in [0.25, 0.3) is 0 Å². The van der Waals surface area contributed by atoms with Crippen molar-refractivity contribution in [2.45, 2.75) is 44.1 Å². The Bertz CT molecular complexity index is 808. The maximum atomic E-state index is 13.1. The quantitative estimate of drug-likeness (QED) is 0.674. The maximum Gasteiger partial charge on any atom is 0.246 e. The summed E-state index contributed by atoms with van der Waals surface area (Å²) in [5.41, 5.74) is 0.821. The highest BCUT2D eigenvalue weighted by Crippen LogP contribution is 2.35. The minimum absolute atomic E-state index is 0.198. The molecule has 162 valence electrons. The predicted octanol–water partition coefficient (Wildman–Crippen LogP) is 4.13. The zero-order valence-electron chi connectivity index (χ0n) is 17.7. The number of nitrogens with one attached hydrogen (secondary N) is 1. The number of aromatic nitrogens is 1. The lowest BCUT2D eigenvalue weighted by atomic mass is 9.80. The van der Waals surface area contributed by atoms with Crippen LogP contribution in [0.3, 0.4) is 0 Å². The van der Waals surface area contributed by atoms with Crippen LogP contribution in [0.15, 0.2) is 48.8 Å². The van der Waals surface area contributed by atoms with Gasteiger partial charge in [0.1, 0.15) is 5.54 Å². The van der Waals surface area contributed by atoms with Gasteiger partial charge in [-0.15, -0.1) is 0 Å². The molecule has 5 nitrogen and oxygen atoms in total. The second-order valence-electron chi connectivity index (χ2n) is 8.60. The lowest BCUT2D eigenvalue weighted by Crippen LogP contribution is -2.50. The largest absolute Gasteiger partial charge is 0.369 e. The van der Waals surface area contributed by atoms with Gasteiger partial charge in [0.05, 0.1) is 0 Å². The van der Waals surface area contributed by atoms with Gasteiger partial charge in [-0.1, -0.05) is 36.9 Å². The number of carbonyl (C=O) groups excluding carboxylic acids is 1. The first-order valence-corrected chi connectivity index (χ1v) is 11.7. The third-order valence-electron chi connectivity index (χ3n) is 6.68. The molecule has 0 atom stereocenters. The number of amides is 1. The second kappa shape index (κ2) is 9.88. The standard InChI is InChI=1S/C24H33ClN4O/c25-21-8-6-9-22(20-21)28-18-16-27(17-19-28)13-7-12-26-23(30)24(10-2-1-3-11-24)29-14-4-5-15-29/h4-6,8-9,14-15,20H,1-3,7,10-13,16-19H2,(H,26,30). The van der Waals surface area contributed by atoms with Gasteiger partial charge in [-0.25, -0.2) is 0 Å². The lowest BCUT2D eigenvalue weighted by Gasteiger charge is -2.38. The van der Waals surface area contributed by atoms with Crippen molar-refractivity contribution < 1.29 is 4.79 Å². The van der Waals surface area contributed by atoms with E-state index in [1.165, 1.54) is 12.1 Å². The van der Waals surface area contributed by atoms with Crippen molar-refractivity contribution in [1.82, 2.24) is 14.8 Å². The first-order chi connectivity index (χ1) is 14.7. The molecule has 1 aromatic heterocycles. The molecular formula is C24H33ClN4O. The molecule has 1 saturated carbocycles. The Morgan fingerprint density at radius 3 is 2.43 bits per heavy atom. The van der Waals surface area contributed by atoms with Gasteiger partial charge in [0.15, 0.2) is 0 Å². The number of carbonyl (C=O) groups is 1. The number of anilines is 1. The van der Waals surface area contributed by atoms with Crippen LogP contribution in [-0.2, 0) is 10.3 Å². The molecule has 1 aliphatic carbocycles. The zero-order chi connectivity index (χ0) is 20.8. The Morgan fingerprint density at radius 1 is 1.00 bits per heavy atom. The highest BCUT2D eigenvalue weighted by molar-refractivity contribution is 6.30. The first kappa shape index (κ1) is 21.3. The van der Waals surface area contributed by atoms with E-state index in [0.717, 1.165) is 76.4 Å². The first-order valence-electron chi connectivity index (χ1n) is 11.3. The summed E-state index contributed by atoms with van der Waals surface area (Å²) in [5.74, 6) is 0.198. The SMILES string of the molecule is O=C(NCCCN1CCN(c2cccc(Cl)c2)CC1)C1(n2cccc2)CCCCC1. The normalized spacial score (nSPS) is 19.6. The van der Waals surface area contributed by atoms with Gasteiger partial charge in [-0.3, -0.25) is 9.69 Å². The van der Waals surface area contributed by atoms with E-state index in [1.54, 1.807) is 0 Å². The second-order valence-corrected chi connectivity index (χ2v) is 9.04. The molecule has 2 aliphatic rings. The van der Waals surface area contributed by atoms with Crippen molar-refractivity contribution in [3.63, 3.8) is 0 Å². The van der Waals surface area contributed by atoms with Crippen LogP contribution in [0.4, 0.5) is 5.69 Å². The van der Waals surface area contributed by atoms with Crippen LogP contribution < -0.4 is 10.2 Å². The van der Waals surface area contributed by atoms with Gasteiger partial charge >= 0.3 is 0 Å². The number of rotatable bonds is 7. The molecule has 1 N–H and O–H groups in total. The molecule has 0 spiro atoms. The molecule has 2 fully saturated rings. The van der Waals surface area contributed by atoms with E-state index in [9.17, 15) is 4.79 Å². The minimum Gasteiger partial charge on any atom is -0.369 e. The third kappa shape index (κ3) is 4.84. The van der Waals surface area contributed by atoms with Crippen LogP contribution >= 0.6 is 11.6 Å². The molecule has 0 radical (unpaired) electrons. The van der Waals surface area contributed by atoms with Gasteiger partial charge in [0.2, 0.25) is 5.91 Å². The number of hydrogen-bond acceptors (Lipinski definition) is 3. The fourth-order valence-electron chi connectivity index (χ4n) is 4.93. The van der Waals surface area contributed by atoms with E-state index in [4.69, 9.17) is 11.6 Å². The van der Waals surface area contributed by atoms with E-state index < -0.39 is 0 Å². The van der Waals surface area contributed by atoms with Crippen molar-refractivity contribution in [3.8, 4) is 0 Å². The van der Waals surface area contributed by atoms with Crippen molar-refractivity contribution >= 4 is 23.2 Å². The summed E-state index contributed by atoms with van der Waals surface area (Å²) in [6.45, 7) is 5.91. The summed E-state index contributed by atoms with van der Waals surface area (Å²) < 4.78 is 2.14. The van der Waals surface area contributed by atoms with Crippen molar-refractivity contribution in [3.05, 3.63) is 53.8 Å². The molecule has 2 heterocycles. The van der Waals surface area contributed by atoms with Gasteiger partial charge in [0, 0.05) is 55.8 Å². The molecule has 0 bridgehead atoms. The zero-order valence-corrected chi connectivity index (χ0v) is 18.5. The van der Waals surface area contributed by atoms with Crippen LogP contribution in [-0.4, -0.2) is 54.6 Å². The van der Waals surface area contributed by atoms with Crippen LogP contribution in [0.1, 0.15) is 38.5 Å². The molecule has 1 saturated heterocycles. The lowest BCUT2D eigenvalue weighted by molar-refractivity contribution is -0.131. The van der Waals surface area contributed by atoms with Gasteiger partial charge in [-0.2, -0.15) is 0 Å². The molecule has 1 amide bonds. The van der Waals surface area contributed by atoms with Crippen molar-refractivity contribution in [2.24, 2.45) is 0 Å². The van der Waals surface area contributed by atoms with E-state index in [1.807, 2.05) is 42.7 Å². The smallest absolute Gasteiger partial charge is 0.246 e. The predicted molar refractivity (Wildman–Crippen MR) is 123 cm³/mol. The number of piperazine rings is 1. The van der Waals surface area contributed by atoms with E-state index in [0.29, 0.717) is 0 Å². The molecular weight excluding hydrogens is 396 g/mol. The third-order valence-corrected chi connectivity index (χ3v) is 6.92. The van der Waals surface area contributed by atoms with Crippen LogP contribution in [0, 0.1) is 0 Å². The van der Waals surface area contributed by atoms with Gasteiger partial charge in [-0.05, 0) is 56.1 Å². The molecule has 30 heavy (non-hydrogen) atoms. The topological polar surface area (TPSA) is 40.5 Å². The molecule has 1 aromatic carbocycles. The summed E-state index contributed by atoms with van der Waals surface area (Å²) in [7, 11) is 0. The fourth-order valence-corrected chi connectivity index (χ4v) is 5.12. The Balaban J connectivity index is 1.21.